The SMILES string of the molecule is C=CC(=O)OC(C)COC(=O)C(CCC)(OC(=O)c1ccc(C(=O)O)c(C(=O)O)c1)C(CCOC(=O)C(=C)C)C(=O)O. The van der Waals surface area contributed by atoms with Gasteiger partial charge in [-0.3, -0.25) is 4.79 Å². The van der Waals surface area contributed by atoms with Crippen LogP contribution in [0.1, 0.15) is 71.1 Å². The monoisotopic (exact) mass is 592 g/mol. The lowest BCUT2D eigenvalue weighted by atomic mass is 9.81. The molecular weight excluding hydrogens is 560 g/mol. The van der Waals surface area contributed by atoms with Gasteiger partial charge >= 0.3 is 41.8 Å². The van der Waals surface area contributed by atoms with Crippen molar-refractivity contribution >= 4 is 41.8 Å². The lowest BCUT2D eigenvalue weighted by Crippen LogP contribution is -2.54. The van der Waals surface area contributed by atoms with Crippen molar-refractivity contribution in [3.05, 3.63) is 59.7 Å². The Kier molecular flexibility index (Phi) is 13.1. The number of rotatable bonds is 17. The Bertz CT molecular complexity index is 1260. The fourth-order valence-corrected chi connectivity index (χ4v) is 3.76. The van der Waals surface area contributed by atoms with E-state index in [-0.39, 0.29) is 12.0 Å². The van der Waals surface area contributed by atoms with E-state index in [1.165, 1.54) is 13.8 Å². The zero-order chi connectivity index (χ0) is 32.2. The molecule has 1 aromatic carbocycles. The Hall–Kier alpha value is -5.01. The zero-order valence-corrected chi connectivity index (χ0v) is 23.2. The highest BCUT2D eigenvalue weighted by Crippen LogP contribution is 2.34. The molecule has 0 aliphatic rings. The maximum absolute atomic E-state index is 13.5. The minimum atomic E-state index is -2.55. The molecule has 0 fully saturated rings. The third kappa shape index (κ3) is 9.28. The van der Waals surface area contributed by atoms with Crippen molar-refractivity contribution in [3.63, 3.8) is 0 Å². The quantitative estimate of drug-likeness (QED) is 0.135. The molecule has 42 heavy (non-hydrogen) atoms. The number of carboxylic acids is 3. The third-order valence-corrected chi connectivity index (χ3v) is 5.74. The highest BCUT2D eigenvalue weighted by atomic mass is 16.6. The van der Waals surface area contributed by atoms with Gasteiger partial charge in [0, 0.05) is 11.6 Å². The first-order valence-electron chi connectivity index (χ1n) is 12.5. The number of hydrogen-bond donors (Lipinski definition) is 3. The van der Waals surface area contributed by atoms with Crippen LogP contribution in [0, 0.1) is 5.92 Å². The maximum atomic E-state index is 13.5. The number of benzene rings is 1. The van der Waals surface area contributed by atoms with Gasteiger partial charge in [0.1, 0.15) is 18.6 Å². The minimum Gasteiger partial charge on any atom is -0.481 e. The van der Waals surface area contributed by atoms with Crippen molar-refractivity contribution in [2.45, 2.75) is 51.7 Å². The van der Waals surface area contributed by atoms with Gasteiger partial charge in [0.05, 0.1) is 23.3 Å². The van der Waals surface area contributed by atoms with Crippen LogP contribution in [0.15, 0.2) is 43.0 Å². The first-order valence-corrected chi connectivity index (χ1v) is 12.5. The fourth-order valence-electron chi connectivity index (χ4n) is 3.76. The molecule has 0 spiro atoms. The number of carbonyl (C=O) groups is 7. The van der Waals surface area contributed by atoms with Gasteiger partial charge in [-0.25, -0.2) is 28.8 Å². The number of carboxylic acid groups (broad SMARTS) is 3. The van der Waals surface area contributed by atoms with Crippen LogP contribution in [0.3, 0.4) is 0 Å². The summed E-state index contributed by atoms with van der Waals surface area (Å²) in [5.74, 6) is -11.1. The fraction of sp³-hybridized carbons (Fsp3) is 0.393. The molecule has 0 saturated carbocycles. The molecular formula is C28H32O14. The second kappa shape index (κ2) is 15.7. The number of aliphatic carboxylic acids is 1. The van der Waals surface area contributed by atoms with Crippen LogP contribution in [0.2, 0.25) is 0 Å². The number of ether oxygens (including phenoxy) is 4. The molecule has 0 bridgehead atoms. The van der Waals surface area contributed by atoms with E-state index in [4.69, 9.17) is 18.9 Å². The second-order valence-corrected chi connectivity index (χ2v) is 9.05. The normalized spacial score (nSPS) is 13.3. The van der Waals surface area contributed by atoms with E-state index in [0.29, 0.717) is 6.07 Å². The van der Waals surface area contributed by atoms with E-state index in [0.717, 1.165) is 18.2 Å². The Morgan fingerprint density at radius 1 is 1.00 bits per heavy atom. The Morgan fingerprint density at radius 2 is 1.62 bits per heavy atom. The van der Waals surface area contributed by atoms with Crippen LogP contribution in [-0.2, 0) is 38.1 Å². The van der Waals surface area contributed by atoms with E-state index in [1.807, 2.05) is 0 Å². The Morgan fingerprint density at radius 3 is 2.12 bits per heavy atom. The van der Waals surface area contributed by atoms with Crippen LogP contribution < -0.4 is 0 Å². The first kappa shape index (κ1) is 35.0. The summed E-state index contributed by atoms with van der Waals surface area (Å²) in [6.07, 6.45) is -1.03. The molecule has 14 nitrogen and oxygen atoms in total. The largest absolute Gasteiger partial charge is 0.481 e. The van der Waals surface area contributed by atoms with Gasteiger partial charge in [0.15, 0.2) is 0 Å². The summed E-state index contributed by atoms with van der Waals surface area (Å²) in [7, 11) is 0. The highest BCUT2D eigenvalue weighted by Gasteiger charge is 2.54. The first-order chi connectivity index (χ1) is 19.6. The molecule has 0 amide bonds. The van der Waals surface area contributed by atoms with Crippen molar-refractivity contribution in [3.8, 4) is 0 Å². The summed E-state index contributed by atoms with van der Waals surface area (Å²) in [5.41, 5.74) is -4.43. The summed E-state index contributed by atoms with van der Waals surface area (Å²) in [6, 6.07) is 2.47. The molecule has 3 atom stereocenters. The van der Waals surface area contributed by atoms with Crippen LogP contribution in [0.4, 0.5) is 0 Å². The molecule has 3 N–H and O–H groups in total. The minimum absolute atomic E-state index is 0.0228. The van der Waals surface area contributed by atoms with E-state index in [1.54, 1.807) is 6.92 Å². The molecule has 0 aliphatic heterocycles. The summed E-state index contributed by atoms with van der Waals surface area (Å²) in [5, 5.41) is 28.8. The summed E-state index contributed by atoms with van der Waals surface area (Å²) < 4.78 is 20.6. The van der Waals surface area contributed by atoms with E-state index < -0.39 is 102 Å². The van der Waals surface area contributed by atoms with Crippen molar-refractivity contribution < 1.29 is 67.8 Å². The Labute approximate surface area is 240 Å². The lowest BCUT2D eigenvalue weighted by molar-refractivity contribution is -0.185. The van der Waals surface area contributed by atoms with Crippen LogP contribution in [0.25, 0.3) is 0 Å². The maximum Gasteiger partial charge on any atom is 0.351 e. The van der Waals surface area contributed by atoms with Gasteiger partial charge in [0.25, 0.3) is 0 Å². The summed E-state index contributed by atoms with van der Waals surface area (Å²) in [6.45, 7) is 9.84. The standard InChI is InChI=1S/C28H32O14/c1-6-11-28(27(38)40-14-16(5)41-21(29)7-2,20(24(34)35)10-12-39-25(36)15(3)4)42-26(37)17-8-9-18(22(30)31)19(13-17)23(32)33/h7-9,13,16,20H,2-3,6,10-12,14H2,1,4-5H3,(H,30,31)(H,32,33)(H,34,35). The third-order valence-electron chi connectivity index (χ3n) is 5.74. The van der Waals surface area contributed by atoms with Gasteiger partial charge in [-0.2, -0.15) is 0 Å². The molecule has 1 aromatic rings. The van der Waals surface area contributed by atoms with E-state index in [9.17, 15) is 48.9 Å². The molecule has 3 unspecified atom stereocenters. The van der Waals surface area contributed by atoms with Crippen molar-refractivity contribution in [2.75, 3.05) is 13.2 Å². The van der Waals surface area contributed by atoms with Crippen molar-refractivity contribution in [1.82, 2.24) is 0 Å². The molecule has 0 radical (unpaired) electrons. The molecule has 1 rings (SSSR count). The van der Waals surface area contributed by atoms with Gasteiger partial charge in [-0.05, 0) is 44.9 Å². The highest BCUT2D eigenvalue weighted by molar-refractivity contribution is 6.04. The Balaban J connectivity index is 3.59. The molecule has 14 heteroatoms. The van der Waals surface area contributed by atoms with Crippen molar-refractivity contribution in [1.29, 1.82) is 0 Å². The average Bonchev–Trinajstić information content (AvgIpc) is 2.92. The number of carbonyl (C=O) groups excluding carboxylic acids is 4. The topological polar surface area (TPSA) is 217 Å². The van der Waals surface area contributed by atoms with E-state index >= 15 is 0 Å². The van der Waals surface area contributed by atoms with Crippen LogP contribution in [0.5, 0.6) is 0 Å². The molecule has 0 saturated heterocycles. The van der Waals surface area contributed by atoms with E-state index in [2.05, 4.69) is 13.2 Å². The average molecular weight is 593 g/mol. The van der Waals surface area contributed by atoms with Gasteiger partial charge < -0.3 is 34.3 Å². The van der Waals surface area contributed by atoms with Crippen LogP contribution in [-0.4, -0.2) is 82.0 Å². The second-order valence-electron chi connectivity index (χ2n) is 9.05. The predicted molar refractivity (Wildman–Crippen MR) is 142 cm³/mol. The van der Waals surface area contributed by atoms with Gasteiger partial charge in [0.2, 0.25) is 5.60 Å². The predicted octanol–water partition coefficient (Wildman–Crippen LogP) is 2.65. The van der Waals surface area contributed by atoms with Crippen LogP contribution >= 0.6 is 0 Å². The van der Waals surface area contributed by atoms with Gasteiger partial charge in [-0.1, -0.05) is 26.5 Å². The number of hydrogen-bond acceptors (Lipinski definition) is 11. The van der Waals surface area contributed by atoms with Crippen molar-refractivity contribution in [2.24, 2.45) is 5.92 Å². The zero-order valence-electron chi connectivity index (χ0n) is 23.2. The number of esters is 4. The summed E-state index contributed by atoms with van der Waals surface area (Å²) in [4.78, 5) is 85.6. The lowest BCUT2D eigenvalue weighted by Gasteiger charge is -2.36. The van der Waals surface area contributed by atoms with Gasteiger partial charge in [-0.15, -0.1) is 0 Å². The molecule has 0 aliphatic carbocycles. The molecule has 0 heterocycles. The smallest absolute Gasteiger partial charge is 0.351 e. The molecule has 228 valence electrons. The molecule has 0 aromatic heterocycles. The summed E-state index contributed by atoms with van der Waals surface area (Å²) >= 11 is 0. The number of aromatic carboxylic acids is 2.